The van der Waals surface area contributed by atoms with Gasteiger partial charge in [-0.3, -0.25) is 14.9 Å². The number of amides is 2. The van der Waals surface area contributed by atoms with Crippen LogP contribution in [-0.2, 0) is 22.6 Å². The van der Waals surface area contributed by atoms with E-state index < -0.39 is 0 Å². The standard InChI is InChI=1S/C21H29N5O2/c22-8-3-9-23-20(27)14-6-10-26(11-7-14)21(28)18-12-16-15-4-1-2-5-17(15)25-19(16)13-24-18/h1-2,4-5,14,18,24-25H,3,6-13,22H2,(H,23,27). The van der Waals surface area contributed by atoms with Gasteiger partial charge in [-0.15, -0.1) is 0 Å². The number of H-pyrrole nitrogens is 1. The average molecular weight is 383 g/mol. The number of para-hydroxylation sites is 1. The molecule has 7 heteroatoms. The number of nitrogens with zero attached hydrogens (tertiary/aromatic N) is 1. The van der Waals surface area contributed by atoms with Crippen molar-refractivity contribution in [2.75, 3.05) is 26.2 Å². The quantitative estimate of drug-likeness (QED) is 0.576. The zero-order chi connectivity index (χ0) is 19.5. The van der Waals surface area contributed by atoms with Crippen molar-refractivity contribution in [3.63, 3.8) is 0 Å². The van der Waals surface area contributed by atoms with Gasteiger partial charge < -0.3 is 20.9 Å². The Hall–Kier alpha value is -2.38. The third kappa shape index (κ3) is 3.77. The molecule has 1 atom stereocenters. The van der Waals surface area contributed by atoms with Gasteiger partial charge in [-0.25, -0.2) is 0 Å². The highest BCUT2D eigenvalue weighted by Gasteiger charge is 2.33. The summed E-state index contributed by atoms with van der Waals surface area (Å²) in [7, 11) is 0. The third-order valence-corrected chi connectivity index (χ3v) is 5.99. The number of nitrogens with two attached hydrogens (primary N) is 1. The first-order valence-electron chi connectivity index (χ1n) is 10.3. The van der Waals surface area contributed by atoms with Crippen LogP contribution < -0.4 is 16.4 Å². The van der Waals surface area contributed by atoms with Crippen LogP contribution in [0.5, 0.6) is 0 Å². The van der Waals surface area contributed by atoms with Gasteiger partial charge in [0.15, 0.2) is 0 Å². The number of piperidine rings is 1. The van der Waals surface area contributed by atoms with Crippen molar-refractivity contribution < 1.29 is 9.59 Å². The maximum Gasteiger partial charge on any atom is 0.240 e. The molecule has 1 aromatic heterocycles. The fourth-order valence-electron chi connectivity index (χ4n) is 4.36. The van der Waals surface area contributed by atoms with E-state index in [-0.39, 0.29) is 23.8 Å². The summed E-state index contributed by atoms with van der Waals surface area (Å²) < 4.78 is 0. The number of hydrogen-bond donors (Lipinski definition) is 4. The molecule has 1 aromatic carbocycles. The second-order valence-electron chi connectivity index (χ2n) is 7.80. The van der Waals surface area contributed by atoms with Gasteiger partial charge in [-0.2, -0.15) is 0 Å². The highest BCUT2D eigenvalue weighted by molar-refractivity contribution is 5.88. The van der Waals surface area contributed by atoms with E-state index in [4.69, 9.17) is 5.73 Å². The Labute approximate surface area is 165 Å². The average Bonchev–Trinajstić information content (AvgIpc) is 3.11. The van der Waals surface area contributed by atoms with E-state index in [2.05, 4.69) is 27.8 Å². The Morgan fingerprint density at radius 2 is 2.00 bits per heavy atom. The molecule has 1 unspecified atom stereocenters. The first-order chi connectivity index (χ1) is 13.7. The molecule has 2 aliphatic rings. The van der Waals surface area contributed by atoms with Crippen molar-refractivity contribution in [1.29, 1.82) is 0 Å². The van der Waals surface area contributed by atoms with Crippen LogP contribution in [0.4, 0.5) is 0 Å². The molecule has 0 radical (unpaired) electrons. The smallest absolute Gasteiger partial charge is 0.240 e. The second kappa shape index (κ2) is 8.32. The van der Waals surface area contributed by atoms with Gasteiger partial charge in [0.25, 0.3) is 0 Å². The van der Waals surface area contributed by atoms with E-state index in [9.17, 15) is 9.59 Å². The molecule has 2 aromatic rings. The van der Waals surface area contributed by atoms with Crippen LogP contribution in [0.3, 0.4) is 0 Å². The van der Waals surface area contributed by atoms with Crippen LogP contribution in [0.15, 0.2) is 24.3 Å². The van der Waals surface area contributed by atoms with Crippen molar-refractivity contribution in [2.45, 2.75) is 38.3 Å². The zero-order valence-electron chi connectivity index (χ0n) is 16.2. The lowest BCUT2D eigenvalue weighted by Gasteiger charge is -2.35. The molecule has 28 heavy (non-hydrogen) atoms. The lowest BCUT2D eigenvalue weighted by atomic mass is 9.93. The fraction of sp³-hybridized carbons (Fsp3) is 0.524. The Bertz CT molecular complexity index is 854. The summed E-state index contributed by atoms with van der Waals surface area (Å²) in [6.07, 6.45) is 2.96. The normalized spacial score (nSPS) is 20.2. The predicted molar refractivity (Wildman–Crippen MR) is 109 cm³/mol. The highest BCUT2D eigenvalue weighted by Crippen LogP contribution is 2.27. The Morgan fingerprint density at radius 1 is 1.21 bits per heavy atom. The minimum atomic E-state index is -0.193. The summed E-state index contributed by atoms with van der Waals surface area (Å²) in [5.41, 5.74) is 9.02. The van der Waals surface area contributed by atoms with Gasteiger partial charge in [-0.1, -0.05) is 18.2 Å². The van der Waals surface area contributed by atoms with Crippen LogP contribution in [-0.4, -0.2) is 53.9 Å². The SMILES string of the molecule is NCCCNC(=O)C1CCN(C(=O)C2Cc3c([nH]c4ccccc34)CN2)CC1. The Kier molecular flexibility index (Phi) is 5.64. The zero-order valence-corrected chi connectivity index (χ0v) is 16.2. The number of likely N-dealkylation sites (tertiary alicyclic amines) is 1. The van der Waals surface area contributed by atoms with E-state index in [0.29, 0.717) is 39.1 Å². The fourth-order valence-corrected chi connectivity index (χ4v) is 4.36. The summed E-state index contributed by atoms with van der Waals surface area (Å²) in [5.74, 6) is 0.249. The van der Waals surface area contributed by atoms with Crippen molar-refractivity contribution >= 4 is 22.7 Å². The number of benzene rings is 1. The number of carbonyl (C=O) groups is 2. The molecule has 0 spiro atoms. The molecule has 1 saturated heterocycles. The minimum Gasteiger partial charge on any atom is -0.357 e. The second-order valence-corrected chi connectivity index (χ2v) is 7.80. The lowest BCUT2D eigenvalue weighted by molar-refractivity contribution is -0.137. The van der Waals surface area contributed by atoms with Gasteiger partial charge >= 0.3 is 0 Å². The van der Waals surface area contributed by atoms with Gasteiger partial charge in [0, 0.05) is 48.7 Å². The van der Waals surface area contributed by atoms with Crippen molar-refractivity contribution in [1.82, 2.24) is 20.5 Å². The summed E-state index contributed by atoms with van der Waals surface area (Å²) in [4.78, 5) is 30.6. The molecule has 3 heterocycles. The van der Waals surface area contributed by atoms with Crippen LogP contribution >= 0.6 is 0 Å². The topological polar surface area (TPSA) is 103 Å². The van der Waals surface area contributed by atoms with Gasteiger partial charge in [0.1, 0.15) is 0 Å². The molecular weight excluding hydrogens is 354 g/mol. The Morgan fingerprint density at radius 3 is 2.79 bits per heavy atom. The third-order valence-electron chi connectivity index (χ3n) is 5.99. The van der Waals surface area contributed by atoms with E-state index in [0.717, 1.165) is 24.8 Å². The number of aromatic amines is 1. The predicted octanol–water partition coefficient (Wildman–Crippen LogP) is 0.886. The summed E-state index contributed by atoms with van der Waals surface area (Å²) >= 11 is 0. The van der Waals surface area contributed by atoms with E-state index in [1.807, 2.05) is 17.0 Å². The van der Waals surface area contributed by atoms with E-state index >= 15 is 0 Å². The summed E-state index contributed by atoms with van der Waals surface area (Å²) in [6.45, 7) is 3.19. The molecule has 4 rings (SSSR count). The van der Waals surface area contributed by atoms with Crippen LogP contribution in [0.25, 0.3) is 10.9 Å². The highest BCUT2D eigenvalue weighted by atomic mass is 16.2. The molecule has 7 nitrogen and oxygen atoms in total. The van der Waals surface area contributed by atoms with Crippen LogP contribution in [0, 0.1) is 5.92 Å². The maximum absolute atomic E-state index is 13.0. The summed E-state index contributed by atoms with van der Waals surface area (Å²) in [6, 6.07) is 8.07. The lowest BCUT2D eigenvalue weighted by Crippen LogP contribution is -2.52. The van der Waals surface area contributed by atoms with Crippen molar-refractivity contribution in [2.24, 2.45) is 11.7 Å². The van der Waals surface area contributed by atoms with Gasteiger partial charge in [0.05, 0.1) is 6.04 Å². The first kappa shape index (κ1) is 19.0. The van der Waals surface area contributed by atoms with Crippen molar-refractivity contribution in [3.8, 4) is 0 Å². The molecule has 5 N–H and O–H groups in total. The van der Waals surface area contributed by atoms with Crippen LogP contribution in [0.2, 0.25) is 0 Å². The first-order valence-corrected chi connectivity index (χ1v) is 10.3. The minimum absolute atomic E-state index is 0.00126. The molecule has 2 amide bonds. The molecule has 0 saturated carbocycles. The number of fused-ring (bicyclic) bond motifs is 3. The monoisotopic (exact) mass is 383 g/mol. The number of aromatic nitrogens is 1. The number of rotatable bonds is 5. The van der Waals surface area contributed by atoms with Crippen LogP contribution in [0.1, 0.15) is 30.5 Å². The molecule has 0 aliphatic carbocycles. The van der Waals surface area contributed by atoms with Crippen molar-refractivity contribution in [3.05, 3.63) is 35.5 Å². The number of nitrogens with one attached hydrogen (secondary N) is 3. The molecule has 150 valence electrons. The molecule has 0 bridgehead atoms. The molecule has 1 fully saturated rings. The number of hydrogen-bond acceptors (Lipinski definition) is 4. The molecule has 2 aliphatic heterocycles. The maximum atomic E-state index is 13.0. The number of carbonyl (C=O) groups excluding carboxylic acids is 2. The largest absolute Gasteiger partial charge is 0.357 e. The van der Waals surface area contributed by atoms with E-state index in [1.165, 1.54) is 16.6 Å². The molecular formula is C21H29N5O2. The van der Waals surface area contributed by atoms with Gasteiger partial charge in [-0.05, 0) is 43.9 Å². The van der Waals surface area contributed by atoms with Gasteiger partial charge in [0.2, 0.25) is 11.8 Å². The van der Waals surface area contributed by atoms with E-state index in [1.54, 1.807) is 0 Å². The Balaban J connectivity index is 1.34. The summed E-state index contributed by atoms with van der Waals surface area (Å²) in [5, 5.41) is 7.55.